The van der Waals surface area contributed by atoms with E-state index in [-0.39, 0.29) is 17.8 Å². The van der Waals surface area contributed by atoms with Crippen molar-refractivity contribution in [2.45, 2.75) is 32.7 Å². The highest BCUT2D eigenvalue weighted by molar-refractivity contribution is 6.25. The quantitative estimate of drug-likeness (QED) is 0.731. The minimum atomic E-state index is -1.22. The van der Waals surface area contributed by atoms with Crippen molar-refractivity contribution in [3.05, 3.63) is 35.4 Å². The largest absolute Gasteiger partial charge is 0.511 e. The van der Waals surface area contributed by atoms with Gasteiger partial charge < -0.3 is 20.1 Å². The number of nitrogens with zero attached hydrogens (tertiary/aromatic N) is 1. The second-order valence-electron chi connectivity index (χ2n) is 5.75. The lowest BCUT2D eigenvalue weighted by Gasteiger charge is -2.18. The number of hydrogen-bond acceptors (Lipinski definition) is 4. The Labute approximate surface area is 133 Å². The summed E-state index contributed by atoms with van der Waals surface area (Å²) in [4.78, 5) is 35.4. The molecular weight excluding hydrogens is 300 g/mol. The molecule has 0 aliphatic carbocycles. The first-order chi connectivity index (χ1) is 10.9. The lowest BCUT2D eigenvalue weighted by molar-refractivity contribution is -0.137. The van der Waals surface area contributed by atoms with E-state index < -0.39 is 24.2 Å². The molecule has 1 atom stereocenters. The van der Waals surface area contributed by atoms with E-state index in [1.807, 2.05) is 6.92 Å². The minimum Gasteiger partial charge on any atom is -0.511 e. The summed E-state index contributed by atoms with van der Waals surface area (Å²) in [5, 5.41) is 21.0. The number of carboxylic acids is 1. The van der Waals surface area contributed by atoms with Gasteiger partial charge in [0.05, 0.1) is 5.69 Å². The molecule has 7 nitrogen and oxygen atoms in total. The minimum absolute atomic E-state index is 0.212. The molecule has 1 amide bonds. The number of aliphatic hydroxyl groups excluding tert-OH is 1. The highest BCUT2D eigenvalue weighted by Gasteiger charge is 2.27. The number of fused-ring (bicyclic) bond motifs is 1. The smallest absolute Gasteiger partial charge is 0.322 e. The van der Waals surface area contributed by atoms with Gasteiger partial charge in [-0.2, -0.15) is 0 Å². The maximum atomic E-state index is 12.6. The maximum absolute atomic E-state index is 12.6. The van der Waals surface area contributed by atoms with Gasteiger partial charge in [0.15, 0.2) is 0 Å². The van der Waals surface area contributed by atoms with Crippen LogP contribution in [0.25, 0.3) is 0 Å². The number of carbonyl (C=O) groups excluding carboxylic acids is 2. The summed E-state index contributed by atoms with van der Waals surface area (Å²) in [7, 11) is 0. The molecule has 0 saturated heterocycles. The number of carboxylic acid groups (broad SMARTS) is 1. The van der Waals surface area contributed by atoms with Crippen LogP contribution < -0.4 is 5.32 Å². The number of aliphatic hydroxyl groups is 1. The van der Waals surface area contributed by atoms with E-state index in [2.05, 4.69) is 5.32 Å². The van der Waals surface area contributed by atoms with Crippen LogP contribution >= 0.6 is 0 Å². The van der Waals surface area contributed by atoms with Gasteiger partial charge in [-0.25, -0.2) is 0 Å². The third-order valence-corrected chi connectivity index (χ3v) is 3.94. The molecule has 1 aromatic rings. The molecule has 0 saturated carbocycles. The van der Waals surface area contributed by atoms with Gasteiger partial charge in [0.2, 0.25) is 5.78 Å². The van der Waals surface area contributed by atoms with Crippen LogP contribution in [-0.2, 0) is 16.1 Å². The average molecular weight is 320 g/mol. The molecular formula is C16H20N2O5. The van der Waals surface area contributed by atoms with Crippen molar-refractivity contribution in [1.29, 1.82) is 0 Å². The molecule has 2 heterocycles. The zero-order chi connectivity index (χ0) is 17.0. The van der Waals surface area contributed by atoms with Crippen molar-refractivity contribution >= 4 is 17.7 Å². The summed E-state index contributed by atoms with van der Waals surface area (Å²) >= 11 is 0. The fourth-order valence-corrected chi connectivity index (χ4v) is 2.56. The van der Waals surface area contributed by atoms with Crippen molar-refractivity contribution in [2.24, 2.45) is 5.92 Å². The third kappa shape index (κ3) is 4.00. The van der Waals surface area contributed by atoms with Gasteiger partial charge in [-0.15, -0.1) is 0 Å². The van der Waals surface area contributed by atoms with E-state index in [4.69, 9.17) is 5.11 Å². The second-order valence-corrected chi connectivity index (χ2v) is 5.75. The fourth-order valence-electron chi connectivity index (χ4n) is 2.56. The zero-order valence-electron chi connectivity index (χ0n) is 12.9. The van der Waals surface area contributed by atoms with Crippen molar-refractivity contribution in [2.75, 3.05) is 6.54 Å². The molecule has 2 rings (SSSR count). The molecule has 1 aromatic heterocycles. The molecule has 0 spiro atoms. The molecule has 1 aliphatic rings. The maximum Gasteiger partial charge on any atom is 0.322 e. The van der Waals surface area contributed by atoms with Crippen LogP contribution in [-0.4, -0.2) is 39.0 Å². The Morgan fingerprint density at radius 1 is 1.39 bits per heavy atom. The summed E-state index contributed by atoms with van der Waals surface area (Å²) in [6.07, 6.45) is 3.48. The van der Waals surface area contributed by atoms with E-state index >= 15 is 0 Å². The fraction of sp³-hybridized carbons (Fsp3) is 0.438. The molecule has 3 N–H and O–H groups in total. The van der Waals surface area contributed by atoms with Crippen molar-refractivity contribution < 1.29 is 24.6 Å². The number of amides is 1. The third-order valence-electron chi connectivity index (χ3n) is 3.94. The topological polar surface area (TPSA) is 109 Å². The highest BCUT2D eigenvalue weighted by atomic mass is 16.4. The molecule has 7 heteroatoms. The van der Waals surface area contributed by atoms with Crippen LogP contribution in [0.2, 0.25) is 0 Å². The summed E-state index contributed by atoms with van der Waals surface area (Å²) < 4.78 is 1.75. The Kier molecular flexibility index (Phi) is 5.20. The number of allylic oxidation sites excluding steroid dienone is 1. The molecule has 0 aromatic carbocycles. The Hall–Kier alpha value is -2.57. The summed E-state index contributed by atoms with van der Waals surface area (Å²) in [5.41, 5.74) is -0.0635. The number of aliphatic carboxylic acids is 1. The number of ketones is 1. The van der Waals surface area contributed by atoms with Crippen LogP contribution in [0.5, 0.6) is 0 Å². The van der Waals surface area contributed by atoms with E-state index in [1.54, 1.807) is 22.9 Å². The normalized spacial score (nSPS) is 22.3. The molecule has 23 heavy (non-hydrogen) atoms. The summed E-state index contributed by atoms with van der Waals surface area (Å²) in [6, 6.07) is 3.30. The molecule has 0 fully saturated rings. The predicted octanol–water partition coefficient (Wildman–Crippen LogP) is 1.50. The van der Waals surface area contributed by atoms with Crippen LogP contribution in [0.1, 0.15) is 36.7 Å². The number of nitrogens with one attached hydrogen (secondary N) is 1. The Morgan fingerprint density at radius 2 is 2.13 bits per heavy atom. The Bertz CT molecular complexity index is 659. The SMILES string of the molecule is C[C@H]1CC/C(O)=C(/C(=O)NCC(=O)O)C(=O)c2cccn2CC1. The number of hydrogen-bond donors (Lipinski definition) is 3. The zero-order valence-corrected chi connectivity index (χ0v) is 12.9. The van der Waals surface area contributed by atoms with E-state index in [1.165, 1.54) is 0 Å². The van der Waals surface area contributed by atoms with Gasteiger partial charge in [-0.1, -0.05) is 6.92 Å². The Balaban J connectivity index is 2.39. The predicted molar refractivity (Wildman–Crippen MR) is 82.1 cm³/mol. The van der Waals surface area contributed by atoms with Crippen LogP contribution in [0, 0.1) is 5.92 Å². The highest BCUT2D eigenvalue weighted by Crippen LogP contribution is 2.22. The molecule has 0 bridgehead atoms. The number of aromatic nitrogens is 1. The van der Waals surface area contributed by atoms with Gasteiger partial charge in [-0.05, 0) is 30.9 Å². The second kappa shape index (κ2) is 7.13. The van der Waals surface area contributed by atoms with E-state index in [0.717, 1.165) is 6.42 Å². The molecule has 124 valence electrons. The standard InChI is InChI=1S/C16H20N2O5/c1-10-4-5-12(19)14(16(23)17-9-13(20)21)15(22)11-3-2-7-18(11)8-6-10/h2-3,7,10,19H,4-6,8-9H2,1H3,(H,17,23)(H,20,21)/b14-12-/t10-/m0/s1. The summed E-state index contributed by atoms with van der Waals surface area (Å²) in [6.45, 7) is 2.09. The van der Waals surface area contributed by atoms with Gasteiger partial charge >= 0.3 is 5.97 Å². The first-order valence-corrected chi connectivity index (χ1v) is 7.52. The molecule has 0 unspecified atom stereocenters. The molecule has 0 radical (unpaired) electrons. The van der Waals surface area contributed by atoms with Crippen LogP contribution in [0.3, 0.4) is 0 Å². The first-order valence-electron chi connectivity index (χ1n) is 7.52. The van der Waals surface area contributed by atoms with E-state index in [9.17, 15) is 19.5 Å². The monoisotopic (exact) mass is 320 g/mol. The van der Waals surface area contributed by atoms with E-state index in [0.29, 0.717) is 24.6 Å². The summed E-state index contributed by atoms with van der Waals surface area (Å²) in [5.74, 6) is -2.65. The van der Waals surface area contributed by atoms with Gasteiger partial charge in [-0.3, -0.25) is 14.4 Å². The number of rotatable bonds is 3. The van der Waals surface area contributed by atoms with Crippen LogP contribution in [0.4, 0.5) is 0 Å². The van der Waals surface area contributed by atoms with Crippen molar-refractivity contribution in [3.63, 3.8) is 0 Å². The van der Waals surface area contributed by atoms with Crippen molar-refractivity contribution in [3.8, 4) is 0 Å². The average Bonchev–Trinajstić information content (AvgIpc) is 2.96. The number of carbonyl (C=O) groups is 3. The lowest BCUT2D eigenvalue weighted by atomic mass is 9.96. The Morgan fingerprint density at radius 3 is 2.83 bits per heavy atom. The number of aryl methyl sites for hydroxylation is 1. The lowest BCUT2D eigenvalue weighted by Crippen LogP contribution is -2.34. The van der Waals surface area contributed by atoms with Crippen molar-refractivity contribution in [1.82, 2.24) is 9.88 Å². The van der Waals surface area contributed by atoms with Crippen LogP contribution in [0.15, 0.2) is 29.7 Å². The number of Topliss-reactive ketones (excluding diaryl/α,β-unsaturated/α-hetero) is 1. The van der Waals surface area contributed by atoms with Gasteiger partial charge in [0.1, 0.15) is 17.9 Å². The van der Waals surface area contributed by atoms with Gasteiger partial charge in [0.25, 0.3) is 5.91 Å². The molecule has 1 aliphatic heterocycles. The van der Waals surface area contributed by atoms with Gasteiger partial charge in [0, 0.05) is 19.2 Å². The first kappa shape index (κ1) is 16.8.